The third-order valence-electron chi connectivity index (χ3n) is 17.6. The molecule has 148 heavy (non-hydrogen) atoms. The zero-order valence-electron chi connectivity index (χ0n) is 88.6. The quantitative estimate of drug-likeness (QED) is 0.0111. The van der Waals surface area contributed by atoms with Gasteiger partial charge in [0.1, 0.15) is 47.4 Å². The third kappa shape index (κ3) is 105. The standard InChI is InChI=1S/C40H72I2O18.C24H42O11S.C17H36O9.C7H16O4.C6H4I2O2.C3H5ClO/c1-43-5-9-47-13-17-51-21-25-55-31-35(32-56-26-22-52-18-14-48-10-6-44-2)59-39-29-38(42)40(30-37(39)41)60-36(33-57-27-23-53-19-15-49-11-7-45-3)34-58-28-24-54-20-16-50-12-8-46-4;1-22-4-6-24(7-5-22)36(25,26)35-23(20-33-18-16-31-14-12-29-10-8-27-2)21-34-19-17-32-15-13-30-11-9-28-3;1-19-3-5-21-7-9-23-11-13-25-15-17(18)16-26-14-12-24-10-8-22-6-4-20-2;1-9-4-5-11-7-6-10-3-2-8;7-3-1-5(9)4(8)2-6(3)10;4-1-3-2-5-3/h29-30,35-36H,5-28,31-34H2,1-4H3;4-7,23H,8-21H2,1-3H3;17-18H,3-16H2,1-2H3;8H,2-7H2,1H3;1-2,9-10H;3H,1-2H2. The summed E-state index contributed by atoms with van der Waals surface area (Å²) in [5.74, 6) is 2.44. The Morgan fingerprint density at radius 2 is 0.480 bits per heavy atom. The molecule has 0 aliphatic carbocycles. The first-order chi connectivity index (χ1) is 72.3. The fourth-order valence-corrected chi connectivity index (χ4v) is 13.2. The number of aliphatic hydroxyl groups is 2. The van der Waals surface area contributed by atoms with E-state index in [0.29, 0.717) is 394 Å². The molecule has 0 saturated carbocycles. The van der Waals surface area contributed by atoms with Gasteiger partial charge in [0.2, 0.25) is 0 Å². The van der Waals surface area contributed by atoms with Gasteiger partial charge in [0.15, 0.2) is 0 Å². The van der Waals surface area contributed by atoms with E-state index in [0.717, 1.165) is 19.3 Å². The topological polar surface area (TPSA) is 478 Å². The fraction of sp³-hybridized carbons (Fsp3) is 0.814. The average Bonchev–Trinajstić information content (AvgIpc) is 0.925. The molecule has 4 rings (SSSR count). The first-order valence-corrected chi connectivity index (χ1v) is 55.1. The molecule has 51 heteroatoms. The van der Waals surface area contributed by atoms with Crippen molar-refractivity contribution in [2.45, 2.75) is 42.3 Å². The number of benzene rings is 3. The van der Waals surface area contributed by atoms with Crippen molar-refractivity contribution in [2.75, 3.05) is 486 Å². The van der Waals surface area contributed by atoms with Crippen LogP contribution in [0.2, 0.25) is 0 Å². The van der Waals surface area contributed by atoms with E-state index in [4.69, 9.17) is 211 Å². The molecule has 874 valence electrons. The first kappa shape index (κ1) is 148. The van der Waals surface area contributed by atoms with Crippen LogP contribution < -0.4 is 9.47 Å². The molecule has 1 saturated heterocycles. The van der Waals surface area contributed by atoms with Crippen molar-refractivity contribution in [1.29, 1.82) is 0 Å². The maximum Gasteiger partial charge on any atom is 0.297 e. The zero-order chi connectivity index (χ0) is 109. The number of aliphatic hydroxyl groups excluding tert-OH is 2. The highest BCUT2D eigenvalue weighted by atomic mass is 127. The number of hydrogen-bond donors (Lipinski definition) is 4. The largest absolute Gasteiger partial charge is 0.507 e. The molecule has 1 heterocycles. The van der Waals surface area contributed by atoms with E-state index in [1.54, 1.807) is 76.1 Å². The third-order valence-corrected chi connectivity index (χ3v) is 22.8. The predicted molar refractivity (Wildman–Crippen MR) is 581 cm³/mol. The Hall–Kier alpha value is -1.54. The van der Waals surface area contributed by atoms with Crippen LogP contribution in [0.25, 0.3) is 0 Å². The van der Waals surface area contributed by atoms with Gasteiger partial charge >= 0.3 is 0 Å². The Labute approximate surface area is 937 Å². The fourth-order valence-electron chi connectivity index (χ4n) is 9.97. The van der Waals surface area contributed by atoms with Gasteiger partial charge < -0.3 is 200 Å². The van der Waals surface area contributed by atoms with Gasteiger partial charge in [0.25, 0.3) is 10.1 Å². The molecular formula is C97H175ClI4O45S. The van der Waals surface area contributed by atoms with E-state index in [1.165, 1.54) is 24.3 Å². The van der Waals surface area contributed by atoms with Crippen LogP contribution in [0.1, 0.15) is 5.56 Å². The lowest BCUT2D eigenvalue weighted by atomic mass is 10.2. The molecule has 1 aliphatic rings. The van der Waals surface area contributed by atoms with E-state index in [9.17, 15) is 13.5 Å². The lowest BCUT2D eigenvalue weighted by Crippen LogP contribution is -2.31. The molecule has 1 fully saturated rings. The molecule has 4 N–H and O–H groups in total. The number of aryl methyl sites for hydroxylation is 1. The number of phenols is 2. The maximum atomic E-state index is 12.7. The van der Waals surface area contributed by atoms with Gasteiger partial charge in [-0.2, -0.15) is 8.42 Å². The second kappa shape index (κ2) is 118. The number of epoxide rings is 1. The van der Waals surface area contributed by atoms with E-state index < -0.39 is 34.5 Å². The number of halogens is 5. The summed E-state index contributed by atoms with van der Waals surface area (Å²) in [7, 11) is 10.7. The van der Waals surface area contributed by atoms with Crippen LogP contribution in [0, 0.1) is 21.2 Å². The van der Waals surface area contributed by atoms with Crippen LogP contribution >= 0.6 is 102 Å². The Kier molecular flexibility index (Phi) is 118. The molecule has 0 aromatic heterocycles. The van der Waals surface area contributed by atoms with Crippen LogP contribution in [-0.4, -0.2) is 545 Å². The summed E-state index contributed by atoms with van der Waals surface area (Å²) in [5, 5.41) is 36.2. The van der Waals surface area contributed by atoms with Gasteiger partial charge in [-0.1, -0.05) is 17.7 Å². The van der Waals surface area contributed by atoms with Crippen molar-refractivity contribution in [1.82, 2.24) is 0 Å². The molecule has 0 spiro atoms. The minimum absolute atomic E-state index is 0.0208. The van der Waals surface area contributed by atoms with E-state index in [-0.39, 0.29) is 62.6 Å². The van der Waals surface area contributed by atoms with Gasteiger partial charge in [-0.25, -0.2) is 0 Å². The average molecular weight is 2640 g/mol. The van der Waals surface area contributed by atoms with Crippen molar-refractivity contribution in [3.05, 3.63) is 68.4 Å². The summed E-state index contributed by atoms with van der Waals surface area (Å²) >= 11 is 13.7. The summed E-state index contributed by atoms with van der Waals surface area (Å²) in [4.78, 5) is 0.0757. The summed E-state index contributed by atoms with van der Waals surface area (Å²) in [5.41, 5.74) is 0.949. The van der Waals surface area contributed by atoms with E-state index >= 15 is 0 Å². The summed E-state index contributed by atoms with van der Waals surface area (Å²) in [6.45, 7) is 29.8. The molecule has 45 nitrogen and oxygen atoms in total. The molecule has 1 unspecified atom stereocenters. The number of ether oxygens (including phenoxy) is 38. The highest BCUT2D eigenvalue weighted by molar-refractivity contribution is 14.1. The van der Waals surface area contributed by atoms with Crippen LogP contribution in [0.3, 0.4) is 0 Å². The summed E-state index contributed by atoms with van der Waals surface area (Å²) in [6, 6.07) is 13.4. The van der Waals surface area contributed by atoms with Gasteiger partial charge in [0, 0.05) is 64.0 Å². The van der Waals surface area contributed by atoms with Crippen LogP contribution in [-0.2, 0) is 185 Å². The lowest BCUT2D eigenvalue weighted by molar-refractivity contribution is -0.0482. The molecular weight excluding hydrogens is 2460 g/mol. The Morgan fingerprint density at radius 3 is 0.669 bits per heavy atom. The molecule has 1 aliphatic heterocycles. The van der Waals surface area contributed by atoms with Crippen molar-refractivity contribution >= 4 is 112 Å². The SMILES string of the molecule is COCCOCCOCCO.COCCOCCOCCOCC(COCCOCCOCCOC)OS(=O)(=O)c1ccc(C)cc1.COCCOCCOCCOCC(COCCOCCOCCOC)Oc1cc(I)c(OC(COCCOCCOCCOC)COCCOCCOCCOC)cc1I.COCCOCCOCCOCC(O)COCCOCCOCCOC.ClCC1CO1.Oc1cc(I)c(O)cc1I. The van der Waals surface area contributed by atoms with Crippen LogP contribution in [0.5, 0.6) is 23.0 Å². The molecule has 0 bridgehead atoms. The number of phenolic OH excluding ortho intramolecular Hbond substituents is 2. The lowest BCUT2D eigenvalue weighted by Gasteiger charge is -2.23. The van der Waals surface area contributed by atoms with Crippen molar-refractivity contribution in [3.8, 4) is 23.0 Å². The molecule has 1 atom stereocenters. The monoisotopic (exact) mass is 2630 g/mol. The van der Waals surface area contributed by atoms with Crippen molar-refractivity contribution < 1.29 is 213 Å². The van der Waals surface area contributed by atoms with Crippen LogP contribution in [0.4, 0.5) is 0 Å². The van der Waals surface area contributed by atoms with Gasteiger partial charge in [0.05, 0.1) is 447 Å². The Bertz CT molecular complexity index is 3080. The highest BCUT2D eigenvalue weighted by Gasteiger charge is 2.25. The number of methoxy groups -OCH3 is 9. The maximum absolute atomic E-state index is 12.7. The molecule has 3 aromatic rings. The minimum atomic E-state index is -3.98. The zero-order valence-corrected chi connectivity index (χ0v) is 98.8. The Morgan fingerprint density at radius 1 is 0.291 bits per heavy atom. The second-order valence-electron chi connectivity index (χ2n) is 30.0. The summed E-state index contributed by atoms with van der Waals surface area (Å²) < 4.78 is 238. The predicted octanol–water partition coefficient (Wildman–Crippen LogP) is 6.97. The van der Waals surface area contributed by atoms with Crippen molar-refractivity contribution in [3.63, 3.8) is 0 Å². The number of hydrogen-bond acceptors (Lipinski definition) is 45. The number of aromatic hydroxyl groups is 2. The van der Waals surface area contributed by atoms with E-state index in [1.807, 2.05) is 64.2 Å². The molecule has 0 radical (unpaired) electrons. The number of rotatable bonds is 104. The molecule has 3 aromatic carbocycles. The van der Waals surface area contributed by atoms with Gasteiger partial charge in [-0.05, 0) is 134 Å². The minimum Gasteiger partial charge on any atom is -0.507 e. The highest BCUT2D eigenvalue weighted by Crippen LogP contribution is 2.33. The number of alkyl halides is 1. The smallest absolute Gasteiger partial charge is 0.297 e. The van der Waals surface area contributed by atoms with Crippen LogP contribution in [0.15, 0.2) is 53.4 Å². The molecule has 0 amide bonds. The van der Waals surface area contributed by atoms with Gasteiger partial charge in [-0.15, -0.1) is 11.6 Å². The first-order valence-electron chi connectivity index (χ1n) is 48.9. The van der Waals surface area contributed by atoms with E-state index in [2.05, 4.69) is 45.2 Å². The van der Waals surface area contributed by atoms with Crippen molar-refractivity contribution in [2.24, 2.45) is 0 Å². The van der Waals surface area contributed by atoms with Gasteiger partial charge in [-0.3, -0.25) is 4.18 Å². The second-order valence-corrected chi connectivity index (χ2v) is 36.5. The Balaban J connectivity index is 0. The summed E-state index contributed by atoms with van der Waals surface area (Å²) in [6.07, 6.45) is -1.89. The normalized spacial score (nSPS) is 12.3.